The Morgan fingerprint density at radius 1 is 0.869 bits per heavy atom. The zero-order valence-electron chi connectivity index (χ0n) is 33.6. The highest BCUT2D eigenvalue weighted by Gasteiger charge is 2.36. The summed E-state index contributed by atoms with van der Waals surface area (Å²) in [5.41, 5.74) is 4.54. The number of anilines is 1. The predicted molar refractivity (Wildman–Crippen MR) is 223 cm³/mol. The molecule has 0 aliphatic heterocycles. The van der Waals surface area contributed by atoms with E-state index in [1.54, 1.807) is 30.3 Å². The van der Waals surface area contributed by atoms with Crippen molar-refractivity contribution < 1.29 is 51.6 Å². The lowest BCUT2D eigenvalue weighted by molar-refractivity contribution is -0.832. The van der Waals surface area contributed by atoms with Crippen LogP contribution in [-0.2, 0) is 25.9 Å². The summed E-state index contributed by atoms with van der Waals surface area (Å²) in [5.74, 6) is -2.09. The van der Waals surface area contributed by atoms with E-state index in [2.05, 4.69) is 15.1 Å². The number of benzene rings is 4. The number of nitrogens with zero attached hydrogens (tertiary/aromatic N) is 3. The third kappa shape index (κ3) is 10.9. The fraction of sp³-hybridized carbons (Fsp3) is 0.289. The van der Waals surface area contributed by atoms with Gasteiger partial charge in [-0.25, -0.2) is 12.8 Å². The molecule has 4 aromatic carbocycles. The van der Waals surface area contributed by atoms with Crippen LogP contribution >= 0.6 is 0 Å². The molecule has 61 heavy (non-hydrogen) atoms. The standard InChI is InChI=1S/C45H47FN4O10S/c1-30(2)41-40(43(54)47-34-16-8-4-9-17-34)39(31-14-6-3-7-15-31)42(32-20-22-33(46)23-21-32)49(41)25-24-35(51)28-36(52)29-38(53)58-26-12-13-27-59-44-45(50(55)60-48-44)61(56,57)37-18-10-5-11-19-37/h3-11,14-23,30,35-36,51-52H,12-13,24-29H2,1-2H3,(H,47,54)/t35-,36-/m1/s1. The highest BCUT2D eigenvalue weighted by Crippen LogP contribution is 2.43. The number of rotatable bonds is 20. The summed E-state index contributed by atoms with van der Waals surface area (Å²) >= 11 is 0. The molecule has 320 valence electrons. The van der Waals surface area contributed by atoms with Crippen molar-refractivity contribution in [2.75, 3.05) is 18.5 Å². The van der Waals surface area contributed by atoms with Crippen LogP contribution in [-0.4, -0.2) is 65.7 Å². The molecular weight excluding hydrogens is 808 g/mol. The number of carbonyl (C=O) groups excluding carboxylic acids is 2. The molecule has 0 aliphatic rings. The number of amides is 1. The van der Waals surface area contributed by atoms with Gasteiger partial charge in [-0.05, 0) is 96.2 Å². The van der Waals surface area contributed by atoms with Crippen molar-refractivity contribution in [1.82, 2.24) is 9.72 Å². The molecule has 6 aromatic rings. The molecule has 0 saturated carbocycles. The van der Waals surface area contributed by atoms with Crippen LogP contribution in [0, 0.1) is 11.0 Å². The number of aliphatic hydroxyl groups is 2. The van der Waals surface area contributed by atoms with Gasteiger partial charge >= 0.3 is 16.9 Å². The average molecular weight is 855 g/mol. The van der Waals surface area contributed by atoms with Crippen molar-refractivity contribution in [3.05, 3.63) is 138 Å². The van der Waals surface area contributed by atoms with Gasteiger partial charge in [-0.15, -0.1) is 0 Å². The molecule has 0 unspecified atom stereocenters. The number of nitrogens with one attached hydrogen (secondary N) is 1. The molecule has 0 aliphatic carbocycles. The number of hydrogen-bond donors (Lipinski definition) is 3. The van der Waals surface area contributed by atoms with Gasteiger partial charge in [0, 0.05) is 23.5 Å². The Hall–Kier alpha value is -6.36. The number of esters is 1. The Bertz CT molecular complexity index is 2500. The van der Waals surface area contributed by atoms with E-state index in [0.717, 1.165) is 5.56 Å². The van der Waals surface area contributed by atoms with E-state index in [1.165, 1.54) is 36.4 Å². The van der Waals surface area contributed by atoms with Crippen molar-refractivity contribution in [2.24, 2.45) is 0 Å². The van der Waals surface area contributed by atoms with Gasteiger partial charge < -0.3 is 34.8 Å². The second-order valence-corrected chi connectivity index (χ2v) is 16.5. The van der Waals surface area contributed by atoms with Crippen molar-refractivity contribution >= 4 is 27.4 Å². The summed E-state index contributed by atoms with van der Waals surface area (Å²) < 4.78 is 57.2. The fourth-order valence-electron chi connectivity index (χ4n) is 7.05. The van der Waals surface area contributed by atoms with Gasteiger partial charge in [-0.1, -0.05) is 80.6 Å². The Morgan fingerprint density at radius 3 is 2.15 bits per heavy atom. The largest absolute Gasteiger partial charge is 0.466 e. The van der Waals surface area contributed by atoms with E-state index in [4.69, 9.17) is 9.47 Å². The van der Waals surface area contributed by atoms with Gasteiger partial charge in [0.25, 0.3) is 15.7 Å². The molecule has 0 bridgehead atoms. The van der Waals surface area contributed by atoms with Gasteiger partial charge in [0.2, 0.25) is 0 Å². The van der Waals surface area contributed by atoms with E-state index in [0.29, 0.717) is 46.6 Å². The van der Waals surface area contributed by atoms with Crippen LogP contribution in [0.1, 0.15) is 67.9 Å². The third-order valence-corrected chi connectivity index (χ3v) is 11.5. The van der Waals surface area contributed by atoms with Gasteiger partial charge in [-0.2, -0.15) is 0 Å². The first-order valence-corrected chi connectivity index (χ1v) is 21.3. The summed E-state index contributed by atoms with van der Waals surface area (Å²) in [7, 11) is -4.27. The monoisotopic (exact) mass is 854 g/mol. The lowest BCUT2D eigenvalue weighted by Crippen LogP contribution is -2.31. The minimum absolute atomic E-state index is 0.0330. The SMILES string of the molecule is CC(C)c1c(C(=O)Nc2ccccc2)c(-c2ccccc2)c(-c2ccc(F)cc2)n1CC[C@@H](O)C[C@@H](O)CC(=O)OCCCCOc1no[n+]([O-])c1S(=O)(=O)c1ccccc1. The normalized spacial score (nSPS) is 12.6. The lowest BCUT2D eigenvalue weighted by Gasteiger charge is -2.20. The maximum absolute atomic E-state index is 14.3. The summed E-state index contributed by atoms with van der Waals surface area (Å²) in [5, 5.41) is 39.7. The number of para-hydroxylation sites is 1. The number of halogens is 1. The number of sulfone groups is 1. The van der Waals surface area contributed by atoms with Crippen LogP contribution in [0.4, 0.5) is 10.1 Å². The van der Waals surface area contributed by atoms with Crippen LogP contribution < -0.4 is 15.0 Å². The number of hydrogen-bond acceptors (Lipinski definition) is 11. The molecule has 16 heteroatoms. The first-order valence-electron chi connectivity index (χ1n) is 19.8. The van der Waals surface area contributed by atoms with Crippen LogP contribution in [0.3, 0.4) is 0 Å². The van der Waals surface area contributed by atoms with E-state index in [-0.39, 0.29) is 60.6 Å². The highest BCUT2D eigenvalue weighted by atomic mass is 32.2. The minimum atomic E-state index is -4.27. The van der Waals surface area contributed by atoms with Crippen LogP contribution in [0.5, 0.6) is 5.88 Å². The molecule has 0 radical (unpaired) electrons. The van der Waals surface area contributed by atoms with Crippen LogP contribution in [0.15, 0.2) is 130 Å². The summed E-state index contributed by atoms with van der Waals surface area (Å²) in [4.78, 5) is 26.5. The van der Waals surface area contributed by atoms with E-state index < -0.39 is 44.7 Å². The first-order chi connectivity index (χ1) is 29.3. The molecule has 6 rings (SSSR count). The Balaban J connectivity index is 1.08. The Morgan fingerprint density at radius 2 is 1.49 bits per heavy atom. The van der Waals surface area contributed by atoms with Crippen molar-refractivity contribution in [3.8, 4) is 28.3 Å². The van der Waals surface area contributed by atoms with Crippen LogP contribution in [0.2, 0.25) is 0 Å². The molecule has 14 nitrogen and oxygen atoms in total. The second-order valence-electron chi connectivity index (χ2n) is 14.7. The maximum atomic E-state index is 14.3. The molecule has 3 N–H and O–H groups in total. The lowest BCUT2D eigenvalue weighted by atomic mass is 9.94. The van der Waals surface area contributed by atoms with Gasteiger partial charge in [-0.3, -0.25) is 14.2 Å². The molecule has 0 spiro atoms. The second kappa shape index (κ2) is 20.3. The smallest absolute Gasteiger partial charge is 0.414 e. The molecular formula is C45H47FN4O10S. The van der Waals surface area contributed by atoms with Gasteiger partial charge in [0.1, 0.15) is 5.82 Å². The first kappa shape index (κ1) is 44.2. The minimum Gasteiger partial charge on any atom is -0.466 e. The Labute approximate surface area is 352 Å². The average Bonchev–Trinajstić information content (AvgIpc) is 3.80. The number of ether oxygens (including phenoxy) is 2. The van der Waals surface area contributed by atoms with Crippen molar-refractivity contribution in [1.29, 1.82) is 0 Å². The fourth-order valence-corrected chi connectivity index (χ4v) is 8.35. The maximum Gasteiger partial charge on any atom is 0.414 e. The summed E-state index contributed by atoms with van der Waals surface area (Å²) in [6.45, 7) is 4.08. The van der Waals surface area contributed by atoms with Crippen molar-refractivity contribution in [3.63, 3.8) is 0 Å². The summed E-state index contributed by atoms with van der Waals surface area (Å²) in [6, 6.07) is 31.9. The number of unbranched alkanes of at least 4 members (excludes halogenated alkanes) is 1. The molecule has 1 amide bonds. The third-order valence-electron chi connectivity index (χ3n) is 9.82. The molecule has 0 fully saturated rings. The highest BCUT2D eigenvalue weighted by molar-refractivity contribution is 7.91. The van der Waals surface area contributed by atoms with Gasteiger partial charge in [0.15, 0.2) is 0 Å². The quantitative estimate of drug-likeness (QED) is 0.0403. The number of carbonyl (C=O) groups is 2. The molecule has 2 atom stereocenters. The molecule has 0 saturated heterocycles. The van der Waals surface area contributed by atoms with Gasteiger partial charge in [0.05, 0.1) is 53.2 Å². The molecule has 2 heterocycles. The van der Waals surface area contributed by atoms with Crippen molar-refractivity contribution in [2.45, 2.75) is 80.5 Å². The number of aliphatic hydroxyl groups excluding tert-OH is 2. The Kier molecular flexibility index (Phi) is 14.7. The number of aromatic nitrogens is 3. The zero-order valence-corrected chi connectivity index (χ0v) is 34.5. The van der Waals surface area contributed by atoms with E-state index in [9.17, 15) is 37.8 Å². The van der Waals surface area contributed by atoms with E-state index in [1.807, 2.05) is 66.9 Å². The molecule has 2 aromatic heterocycles. The van der Waals surface area contributed by atoms with E-state index >= 15 is 0 Å². The topological polar surface area (TPSA) is 197 Å². The zero-order chi connectivity index (χ0) is 43.5. The summed E-state index contributed by atoms with van der Waals surface area (Å²) in [6.07, 6.45) is -2.03. The predicted octanol–water partition coefficient (Wildman–Crippen LogP) is 7.09. The van der Waals surface area contributed by atoms with Crippen LogP contribution in [0.25, 0.3) is 22.4 Å².